The van der Waals surface area contributed by atoms with Crippen LogP contribution >= 0.6 is 0 Å². The van der Waals surface area contributed by atoms with Crippen LogP contribution in [-0.4, -0.2) is 47.4 Å². The van der Waals surface area contributed by atoms with Crippen molar-refractivity contribution in [3.63, 3.8) is 0 Å². The molecule has 3 fully saturated rings. The van der Waals surface area contributed by atoms with Gasteiger partial charge in [-0.15, -0.1) is 0 Å². The molecule has 33 heavy (non-hydrogen) atoms. The highest BCUT2D eigenvalue weighted by Crippen LogP contribution is 2.30. The quantitative estimate of drug-likeness (QED) is 0.648. The highest BCUT2D eigenvalue weighted by molar-refractivity contribution is 5.98. The first-order chi connectivity index (χ1) is 16.1. The molecule has 3 aliphatic rings. The molecule has 2 aromatic carbocycles. The first kappa shape index (κ1) is 21.6. The normalized spacial score (nSPS) is 19.7. The third kappa shape index (κ3) is 5.42. The van der Waals surface area contributed by atoms with Crippen LogP contribution in [0, 0.1) is 0 Å². The maximum atomic E-state index is 13.4. The van der Waals surface area contributed by atoms with Crippen molar-refractivity contribution in [3.05, 3.63) is 65.2 Å². The SMILES string of the molecule is O=C(NC1CC1)c1ccc(CN(C(=O)c2cccc(NC(=O)C3CCCO3)c2)C2CC2)cc1. The molecule has 1 saturated heterocycles. The first-order valence-electron chi connectivity index (χ1n) is 11.8. The highest BCUT2D eigenvalue weighted by atomic mass is 16.5. The molecule has 2 saturated carbocycles. The van der Waals surface area contributed by atoms with Gasteiger partial charge in [-0.3, -0.25) is 14.4 Å². The van der Waals surface area contributed by atoms with Crippen LogP contribution < -0.4 is 10.6 Å². The number of amides is 3. The van der Waals surface area contributed by atoms with Crippen LogP contribution in [0.25, 0.3) is 0 Å². The Morgan fingerprint density at radius 1 is 0.939 bits per heavy atom. The predicted molar refractivity (Wildman–Crippen MR) is 124 cm³/mol. The van der Waals surface area contributed by atoms with Gasteiger partial charge < -0.3 is 20.3 Å². The van der Waals surface area contributed by atoms with E-state index in [2.05, 4.69) is 10.6 Å². The van der Waals surface area contributed by atoms with Gasteiger partial charge in [0.05, 0.1) is 0 Å². The molecule has 2 aromatic rings. The van der Waals surface area contributed by atoms with Crippen molar-refractivity contribution >= 4 is 23.4 Å². The second kappa shape index (κ2) is 9.35. The number of benzene rings is 2. The van der Waals surface area contributed by atoms with Crippen LogP contribution in [0.2, 0.25) is 0 Å². The van der Waals surface area contributed by atoms with Crippen LogP contribution in [0.4, 0.5) is 5.69 Å². The molecule has 3 amide bonds. The fourth-order valence-corrected chi connectivity index (χ4v) is 4.11. The lowest BCUT2D eigenvalue weighted by atomic mass is 10.1. The standard InChI is InChI=1S/C26H29N3O4/c30-24(27-20-10-11-20)18-8-6-17(7-9-18)16-29(22-12-13-22)26(32)19-3-1-4-21(15-19)28-25(31)23-5-2-14-33-23/h1,3-4,6-9,15,20,22-23H,2,5,10-14,16H2,(H,27,30)(H,28,31). The van der Waals surface area contributed by atoms with E-state index in [1.807, 2.05) is 29.2 Å². The summed E-state index contributed by atoms with van der Waals surface area (Å²) in [5, 5.41) is 5.87. The number of hydrogen-bond donors (Lipinski definition) is 2. The van der Waals surface area contributed by atoms with Crippen LogP contribution in [0.3, 0.4) is 0 Å². The van der Waals surface area contributed by atoms with Crippen molar-refractivity contribution in [1.82, 2.24) is 10.2 Å². The number of rotatable bonds is 8. The molecule has 1 unspecified atom stereocenters. The van der Waals surface area contributed by atoms with E-state index in [1.54, 1.807) is 24.3 Å². The summed E-state index contributed by atoms with van der Waals surface area (Å²) in [4.78, 5) is 39.8. The molecule has 2 N–H and O–H groups in total. The van der Waals surface area contributed by atoms with Crippen molar-refractivity contribution in [3.8, 4) is 0 Å². The van der Waals surface area contributed by atoms with Crippen LogP contribution in [0.1, 0.15) is 64.8 Å². The van der Waals surface area contributed by atoms with Crippen molar-refractivity contribution in [2.24, 2.45) is 0 Å². The minimum absolute atomic E-state index is 0.0407. The molecule has 5 rings (SSSR count). The average Bonchev–Trinajstić information content (AvgIpc) is 3.77. The van der Waals surface area contributed by atoms with Gasteiger partial charge in [-0.05, 0) is 74.4 Å². The number of anilines is 1. The Morgan fingerprint density at radius 3 is 2.39 bits per heavy atom. The van der Waals surface area contributed by atoms with Gasteiger partial charge in [-0.1, -0.05) is 18.2 Å². The molecule has 7 heteroatoms. The summed E-state index contributed by atoms with van der Waals surface area (Å²) in [6.07, 6.45) is 5.29. The molecule has 7 nitrogen and oxygen atoms in total. The van der Waals surface area contributed by atoms with Gasteiger partial charge in [0.1, 0.15) is 6.10 Å². The van der Waals surface area contributed by atoms with E-state index in [0.29, 0.717) is 36.0 Å². The lowest BCUT2D eigenvalue weighted by Gasteiger charge is -2.23. The van der Waals surface area contributed by atoms with Crippen molar-refractivity contribution in [2.75, 3.05) is 11.9 Å². The monoisotopic (exact) mass is 447 g/mol. The Hall–Kier alpha value is -3.19. The van der Waals surface area contributed by atoms with Gasteiger partial charge in [0.25, 0.3) is 17.7 Å². The number of ether oxygens (including phenoxy) is 1. The highest BCUT2D eigenvalue weighted by Gasteiger charge is 2.33. The second-order valence-electron chi connectivity index (χ2n) is 9.18. The molecule has 1 heterocycles. The molecule has 2 aliphatic carbocycles. The molecule has 0 radical (unpaired) electrons. The van der Waals surface area contributed by atoms with E-state index in [0.717, 1.165) is 44.1 Å². The Kier molecular flexibility index (Phi) is 6.13. The summed E-state index contributed by atoms with van der Waals surface area (Å²) >= 11 is 0. The molecule has 172 valence electrons. The van der Waals surface area contributed by atoms with Gasteiger partial charge in [0, 0.05) is 42.0 Å². The number of carbonyl (C=O) groups excluding carboxylic acids is 3. The second-order valence-corrected chi connectivity index (χ2v) is 9.18. The molecule has 1 atom stereocenters. The maximum Gasteiger partial charge on any atom is 0.254 e. The van der Waals surface area contributed by atoms with E-state index in [-0.39, 0.29) is 23.8 Å². The fraction of sp³-hybridized carbons (Fsp3) is 0.423. The zero-order chi connectivity index (χ0) is 22.8. The average molecular weight is 448 g/mol. The van der Waals surface area contributed by atoms with E-state index >= 15 is 0 Å². The van der Waals surface area contributed by atoms with E-state index in [4.69, 9.17) is 4.74 Å². The Balaban J connectivity index is 1.25. The number of hydrogen-bond acceptors (Lipinski definition) is 4. The molecular weight excluding hydrogens is 418 g/mol. The van der Waals surface area contributed by atoms with E-state index < -0.39 is 6.10 Å². The van der Waals surface area contributed by atoms with Gasteiger partial charge in [0.15, 0.2) is 0 Å². The lowest BCUT2D eigenvalue weighted by Crippen LogP contribution is -2.33. The van der Waals surface area contributed by atoms with Gasteiger partial charge in [0.2, 0.25) is 0 Å². The minimum atomic E-state index is -0.415. The smallest absolute Gasteiger partial charge is 0.254 e. The van der Waals surface area contributed by atoms with E-state index in [1.165, 1.54) is 0 Å². The molecule has 0 aromatic heterocycles. The van der Waals surface area contributed by atoms with Crippen LogP contribution in [0.15, 0.2) is 48.5 Å². The van der Waals surface area contributed by atoms with Gasteiger partial charge in [-0.2, -0.15) is 0 Å². The molecular formula is C26H29N3O4. The molecule has 0 spiro atoms. The summed E-state index contributed by atoms with van der Waals surface area (Å²) in [5.41, 5.74) is 2.78. The molecule has 0 bridgehead atoms. The van der Waals surface area contributed by atoms with Crippen molar-refractivity contribution < 1.29 is 19.1 Å². The van der Waals surface area contributed by atoms with E-state index in [9.17, 15) is 14.4 Å². The lowest BCUT2D eigenvalue weighted by molar-refractivity contribution is -0.124. The summed E-state index contributed by atoms with van der Waals surface area (Å²) in [6.45, 7) is 1.10. The first-order valence-corrected chi connectivity index (χ1v) is 11.8. The Morgan fingerprint density at radius 2 is 1.73 bits per heavy atom. The van der Waals surface area contributed by atoms with Crippen molar-refractivity contribution in [1.29, 1.82) is 0 Å². The third-order valence-corrected chi connectivity index (χ3v) is 6.33. The van der Waals surface area contributed by atoms with Gasteiger partial charge in [-0.25, -0.2) is 0 Å². The largest absolute Gasteiger partial charge is 0.368 e. The topological polar surface area (TPSA) is 87.7 Å². The van der Waals surface area contributed by atoms with Crippen LogP contribution in [-0.2, 0) is 16.1 Å². The number of carbonyl (C=O) groups is 3. The molecule has 1 aliphatic heterocycles. The van der Waals surface area contributed by atoms with Gasteiger partial charge >= 0.3 is 0 Å². The Bertz CT molecular complexity index is 1040. The van der Waals surface area contributed by atoms with Crippen molar-refractivity contribution in [2.45, 2.75) is 63.3 Å². The maximum absolute atomic E-state index is 13.4. The summed E-state index contributed by atoms with van der Waals surface area (Å²) in [6, 6.07) is 15.1. The predicted octanol–water partition coefficient (Wildman–Crippen LogP) is 3.50. The summed E-state index contributed by atoms with van der Waals surface area (Å²) in [7, 11) is 0. The minimum Gasteiger partial charge on any atom is -0.368 e. The summed E-state index contributed by atoms with van der Waals surface area (Å²) < 4.78 is 5.44. The third-order valence-electron chi connectivity index (χ3n) is 6.33. The zero-order valence-electron chi connectivity index (χ0n) is 18.6. The fourth-order valence-electron chi connectivity index (χ4n) is 4.11. The number of nitrogens with zero attached hydrogens (tertiary/aromatic N) is 1. The van der Waals surface area contributed by atoms with Crippen LogP contribution in [0.5, 0.6) is 0 Å². The zero-order valence-corrected chi connectivity index (χ0v) is 18.6. The summed E-state index contributed by atoms with van der Waals surface area (Å²) in [5.74, 6) is -0.260. The number of nitrogens with one attached hydrogen (secondary N) is 2. The Labute approximate surface area is 193 Å².